The Balaban J connectivity index is 2.46. The summed E-state index contributed by atoms with van der Waals surface area (Å²) in [4.78, 5) is 11.5. The van der Waals surface area contributed by atoms with Crippen molar-refractivity contribution in [1.29, 1.82) is 0 Å². The topological polar surface area (TPSA) is 35.5 Å². The largest absolute Gasteiger partial charge is 0.461 e. The van der Waals surface area contributed by atoms with E-state index in [1.54, 1.807) is 6.08 Å². The second-order valence-corrected chi connectivity index (χ2v) is 15.0. The van der Waals surface area contributed by atoms with Crippen molar-refractivity contribution in [3.63, 3.8) is 0 Å². The van der Waals surface area contributed by atoms with E-state index in [9.17, 15) is 4.79 Å². The van der Waals surface area contributed by atoms with Gasteiger partial charge in [-0.05, 0) is 67.5 Å². The van der Waals surface area contributed by atoms with E-state index in [0.717, 1.165) is 37.7 Å². The molecule has 0 aliphatic heterocycles. The zero-order valence-electron chi connectivity index (χ0n) is 19.4. The molecule has 0 heterocycles. The fourth-order valence-electron chi connectivity index (χ4n) is 3.96. The Labute approximate surface area is 175 Å². The lowest BCUT2D eigenvalue weighted by Gasteiger charge is -2.38. The minimum Gasteiger partial charge on any atom is -0.461 e. The highest BCUT2D eigenvalue weighted by atomic mass is 28.4. The molecule has 1 saturated carbocycles. The smallest absolute Gasteiger partial charge is 0.306 e. The molecule has 0 aromatic carbocycles. The van der Waals surface area contributed by atoms with Crippen molar-refractivity contribution >= 4 is 14.3 Å². The average molecular weight is 409 g/mol. The Morgan fingerprint density at radius 2 is 1.79 bits per heavy atom. The van der Waals surface area contributed by atoms with Gasteiger partial charge < -0.3 is 9.16 Å². The molecule has 4 atom stereocenters. The Morgan fingerprint density at radius 1 is 1.14 bits per heavy atom. The molecule has 0 unspecified atom stereocenters. The summed E-state index contributed by atoms with van der Waals surface area (Å²) in [6, 6.07) is 0. The maximum Gasteiger partial charge on any atom is 0.306 e. The molecule has 162 valence electrons. The Bertz CT molecular complexity index is 518. The van der Waals surface area contributed by atoms with Crippen LogP contribution in [0, 0.1) is 23.7 Å². The second-order valence-electron chi connectivity index (χ2n) is 10.2. The van der Waals surface area contributed by atoms with E-state index in [0.29, 0.717) is 24.9 Å². The van der Waals surface area contributed by atoms with Gasteiger partial charge in [0.15, 0.2) is 8.32 Å². The molecule has 3 nitrogen and oxygen atoms in total. The predicted octanol–water partition coefficient (Wildman–Crippen LogP) is 6.76. The first-order chi connectivity index (χ1) is 13.0. The number of carbonyl (C=O) groups excluding carboxylic acids is 1. The number of carbonyl (C=O) groups is 1. The number of unbranched alkanes of at least 4 members (excludes halogenated alkanes) is 1. The van der Waals surface area contributed by atoms with Gasteiger partial charge in [0.2, 0.25) is 0 Å². The fourth-order valence-corrected chi connectivity index (χ4v) is 5.00. The molecule has 0 amide bonds. The molecular weight excluding hydrogens is 364 g/mol. The van der Waals surface area contributed by atoms with Crippen LogP contribution in [0.25, 0.3) is 0 Å². The molecule has 0 bridgehead atoms. The summed E-state index contributed by atoms with van der Waals surface area (Å²) in [5, 5.41) is 0.267. The SMILES string of the molecule is C=CCOC(=O)CCC/C=C\C[C@@H]1[C@@H](CO[Si](C)(C)C(C)(C)C)[C@H](C)C[C@@H]1C. The van der Waals surface area contributed by atoms with Crippen LogP contribution in [0.2, 0.25) is 18.1 Å². The van der Waals surface area contributed by atoms with E-state index in [1.165, 1.54) is 6.42 Å². The first kappa shape index (κ1) is 25.2. The lowest BCUT2D eigenvalue weighted by molar-refractivity contribution is -0.142. The van der Waals surface area contributed by atoms with Crippen LogP contribution in [-0.2, 0) is 14.0 Å². The average Bonchev–Trinajstić information content (AvgIpc) is 2.86. The first-order valence-corrected chi connectivity index (χ1v) is 14.0. The quantitative estimate of drug-likeness (QED) is 0.164. The van der Waals surface area contributed by atoms with Crippen molar-refractivity contribution in [3.8, 4) is 0 Å². The van der Waals surface area contributed by atoms with Crippen LogP contribution < -0.4 is 0 Å². The summed E-state index contributed by atoms with van der Waals surface area (Å²) >= 11 is 0. The van der Waals surface area contributed by atoms with Crippen LogP contribution in [0.5, 0.6) is 0 Å². The van der Waals surface area contributed by atoms with Crippen molar-refractivity contribution < 1.29 is 14.0 Å². The highest BCUT2D eigenvalue weighted by molar-refractivity contribution is 6.74. The van der Waals surface area contributed by atoms with E-state index in [1.807, 2.05) is 0 Å². The summed E-state index contributed by atoms with van der Waals surface area (Å²) in [6.45, 7) is 21.2. The van der Waals surface area contributed by atoms with Crippen molar-refractivity contribution in [2.45, 2.75) is 84.9 Å². The molecule has 0 saturated heterocycles. The minimum atomic E-state index is -1.69. The highest BCUT2D eigenvalue weighted by Gasteiger charge is 2.42. The fraction of sp³-hybridized carbons (Fsp3) is 0.792. The van der Waals surface area contributed by atoms with Gasteiger partial charge >= 0.3 is 5.97 Å². The van der Waals surface area contributed by atoms with Gasteiger partial charge in [-0.25, -0.2) is 0 Å². The van der Waals surface area contributed by atoms with Gasteiger partial charge in [-0.2, -0.15) is 0 Å². The van der Waals surface area contributed by atoms with Gasteiger partial charge in [-0.15, -0.1) is 0 Å². The molecule has 0 radical (unpaired) electrons. The molecule has 1 aliphatic carbocycles. The van der Waals surface area contributed by atoms with Gasteiger partial charge in [0, 0.05) is 13.0 Å². The lowest BCUT2D eigenvalue weighted by atomic mass is 9.86. The van der Waals surface area contributed by atoms with Crippen LogP contribution in [0.3, 0.4) is 0 Å². The summed E-state index contributed by atoms with van der Waals surface area (Å²) in [5.41, 5.74) is 0. The number of esters is 1. The van der Waals surface area contributed by atoms with E-state index in [-0.39, 0.29) is 11.0 Å². The van der Waals surface area contributed by atoms with Crippen molar-refractivity contribution in [3.05, 3.63) is 24.8 Å². The van der Waals surface area contributed by atoms with Crippen LogP contribution in [-0.4, -0.2) is 27.5 Å². The number of hydrogen-bond acceptors (Lipinski definition) is 3. The standard InChI is InChI=1S/C24H44O3Si/c1-9-16-26-23(25)15-13-11-10-12-14-21-19(2)17-20(3)22(21)18-27-28(7,8)24(4,5)6/h9-10,12,19-22H,1,11,13-18H2,2-8H3/b12-10-/t19-,20+,21-,22-/m0/s1. The van der Waals surface area contributed by atoms with E-state index < -0.39 is 8.32 Å². The number of allylic oxidation sites excluding steroid dienone is 2. The molecule has 0 aromatic heterocycles. The second kappa shape index (κ2) is 11.3. The van der Waals surface area contributed by atoms with Crippen LogP contribution in [0.4, 0.5) is 0 Å². The molecule has 0 aromatic rings. The summed E-state index contributed by atoms with van der Waals surface area (Å²) in [7, 11) is -1.69. The van der Waals surface area contributed by atoms with Crippen LogP contribution in [0.15, 0.2) is 24.8 Å². The van der Waals surface area contributed by atoms with Crippen molar-refractivity contribution in [2.24, 2.45) is 23.7 Å². The van der Waals surface area contributed by atoms with Gasteiger partial charge in [-0.1, -0.05) is 59.4 Å². The monoisotopic (exact) mass is 408 g/mol. The number of hydrogen-bond donors (Lipinski definition) is 0. The van der Waals surface area contributed by atoms with Gasteiger partial charge in [-0.3, -0.25) is 4.79 Å². The van der Waals surface area contributed by atoms with Gasteiger partial charge in [0.25, 0.3) is 0 Å². The molecule has 1 rings (SSSR count). The number of rotatable bonds is 11. The molecule has 28 heavy (non-hydrogen) atoms. The minimum absolute atomic E-state index is 0.130. The zero-order chi connectivity index (χ0) is 21.4. The molecule has 1 fully saturated rings. The Hall–Kier alpha value is -0.873. The van der Waals surface area contributed by atoms with Gasteiger partial charge in [0.05, 0.1) is 0 Å². The third kappa shape index (κ3) is 7.86. The first-order valence-electron chi connectivity index (χ1n) is 11.0. The van der Waals surface area contributed by atoms with E-state index in [2.05, 4.69) is 66.4 Å². The third-order valence-corrected chi connectivity index (χ3v) is 11.4. The van der Waals surface area contributed by atoms with Crippen LogP contribution >= 0.6 is 0 Å². The van der Waals surface area contributed by atoms with E-state index in [4.69, 9.17) is 9.16 Å². The normalized spacial score (nSPS) is 26.0. The lowest BCUT2D eigenvalue weighted by Crippen LogP contribution is -2.42. The third-order valence-electron chi connectivity index (χ3n) is 6.89. The summed E-state index contributed by atoms with van der Waals surface area (Å²) in [6.07, 6.45) is 10.9. The van der Waals surface area contributed by atoms with Crippen molar-refractivity contribution in [1.82, 2.24) is 0 Å². The maximum atomic E-state index is 11.5. The predicted molar refractivity (Wildman–Crippen MR) is 122 cm³/mol. The van der Waals surface area contributed by atoms with Crippen molar-refractivity contribution in [2.75, 3.05) is 13.2 Å². The summed E-state index contributed by atoms with van der Waals surface area (Å²) in [5.74, 6) is 2.71. The molecule has 1 aliphatic rings. The molecular formula is C24H44O3Si. The molecule has 4 heteroatoms. The van der Waals surface area contributed by atoms with E-state index >= 15 is 0 Å². The van der Waals surface area contributed by atoms with Gasteiger partial charge in [0.1, 0.15) is 6.61 Å². The summed E-state index contributed by atoms with van der Waals surface area (Å²) < 4.78 is 11.6. The maximum absolute atomic E-state index is 11.5. The van der Waals surface area contributed by atoms with Crippen LogP contribution in [0.1, 0.15) is 66.7 Å². The Morgan fingerprint density at radius 3 is 2.39 bits per heavy atom. The Kier molecular flexibility index (Phi) is 10.2. The number of ether oxygens (including phenoxy) is 1. The molecule has 0 spiro atoms. The molecule has 0 N–H and O–H groups in total. The highest BCUT2D eigenvalue weighted by Crippen LogP contribution is 2.45. The zero-order valence-corrected chi connectivity index (χ0v) is 20.4.